The van der Waals surface area contributed by atoms with Crippen molar-refractivity contribution in [3.05, 3.63) is 58.9 Å². The minimum Gasteiger partial charge on any atom is -0.313 e. The van der Waals surface area contributed by atoms with Crippen LogP contribution in [0.4, 0.5) is 19.7 Å². The Bertz CT molecular complexity index is 1100. The highest BCUT2D eigenvalue weighted by Crippen LogP contribution is 2.28. The van der Waals surface area contributed by atoms with E-state index in [1.807, 2.05) is 30.5 Å². The quantitative estimate of drug-likeness (QED) is 0.486. The van der Waals surface area contributed by atoms with Gasteiger partial charge in [0, 0.05) is 23.0 Å². The van der Waals surface area contributed by atoms with Gasteiger partial charge < -0.3 is 5.32 Å². The standard InChI is InChI=1S/C17H14ClF2N7S/c1-10-8-13(24-27(10)16(19)20)15-22-23-17(28-15)21-14-6-7-26(25-14)9-11-4-2-3-5-12(11)18/h2-8,16H,9H2,1H3,(H,21,23,25). The number of nitrogens with one attached hydrogen (secondary N) is 1. The minimum atomic E-state index is -2.69. The molecule has 0 amide bonds. The van der Waals surface area contributed by atoms with Crippen LogP contribution in [0.2, 0.25) is 5.02 Å². The number of alkyl halides is 2. The van der Waals surface area contributed by atoms with Gasteiger partial charge in [0.05, 0.1) is 6.54 Å². The number of benzene rings is 1. The summed E-state index contributed by atoms with van der Waals surface area (Å²) in [5.74, 6) is 0.587. The van der Waals surface area contributed by atoms with Crippen LogP contribution in [0.1, 0.15) is 17.8 Å². The molecule has 0 spiro atoms. The molecule has 11 heteroatoms. The van der Waals surface area contributed by atoms with E-state index in [1.165, 1.54) is 11.3 Å². The van der Waals surface area contributed by atoms with Crippen molar-refractivity contribution in [2.45, 2.75) is 20.0 Å². The van der Waals surface area contributed by atoms with Crippen molar-refractivity contribution in [2.24, 2.45) is 0 Å². The summed E-state index contributed by atoms with van der Waals surface area (Å²) in [6.07, 6.45) is 1.82. The van der Waals surface area contributed by atoms with E-state index in [0.717, 1.165) is 5.56 Å². The van der Waals surface area contributed by atoms with Crippen molar-refractivity contribution in [3.63, 3.8) is 0 Å². The van der Waals surface area contributed by atoms with E-state index in [-0.39, 0.29) is 0 Å². The smallest absolute Gasteiger partial charge is 0.313 e. The lowest BCUT2D eigenvalue weighted by Gasteiger charge is -2.04. The number of hydrogen-bond acceptors (Lipinski definition) is 6. The van der Waals surface area contributed by atoms with Crippen molar-refractivity contribution in [1.29, 1.82) is 0 Å². The van der Waals surface area contributed by atoms with E-state index in [0.29, 0.717) is 43.6 Å². The molecule has 1 aromatic carbocycles. The molecule has 3 aromatic heterocycles. The Morgan fingerprint density at radius 1 is 1.18 bits per heavy atom. The molecule has 0 aliphatic rings. The molecule has 28 heavy (non-hydrogen) atoms. The van der Waals surface area contributed by atoms with E-state index in [1.54, 1.807) is 23.7 Å². The summed E-state index contributed by atoms with van der Waals surface area (Å²) in [5, 5.41) is 21.0. The van der Waals surface area contributed by atoms with Gasteiger partial charge in [0.1, 0.15) is 5.69 Å². The Hall–Kier alpha value is -2.85. The molecule has 0 saturated heterocycles. The molecule has 144 valence electrons. The molecular formula is C17H14ClF2N7S. The van der Waals surface area contributed by atoms with Gasteiger partial charge in [0.2, 0.25) is 5.13 Å². The molecule has 7 nitrogen and oxygen atoms in total. The molecule has 0 aliphatic heterocycles. The summed E-state index contributed by atoms with van der Waals surface area (Å²) in [6, 6.07) is 10.9. The van der Waals surface area contributed by atoms with Crippen LogP contribution in [-0.2, 0) is 6.54 Å². The van der Waals surface area contributed by atoms with Gasteiger partial charge in [-0.25, -0.2) is 4.68 Å². The van der Waals surface area contributed by atoms with Gasteiger partial charge in [-0.15, -0.1) is 10.2 Å². The van der Waals surface area contributed by atoms with Crippen LogP contribution < -0.4 is 5.32 Å². The average molecular weight is 422 g/mol. The molecule has 0 atom stereocenters. The number of rotatable bonds is 6. The van der Waals surface area contributed by atoms with Crippen molar-refractivity contribution in [2.75, 3.05) is 5.32 Å². The second-order valence-electron chi connectivity index (χ2n) is 5.92. The molecule has 4 rings (SSSR count). The van der Waals surface area contributed by atoms with Crippen LogP contribution >= 0.6 is 22.9 Å². The first-order valence-electron chi connectivity index (χ1n) is 8.21. The Kier molecular flexibility index (Phi) is 5.05. The molecule has 0 bridgehead atoms. The molecule has 1 N–H and O–H groups in total. The predicted octanol–water partition coefficient (Wildman–Crippen LogP) is 4.75. The fourth-order valence-electron chi connectivity index (χ4n) is 2.59. The zero-order valence-electron chi connectivity index (χ0n) is 14.6. The number of aryl methyl sites for hydroxylation is 1. The summed E-state index contributed by atoms with van der Waals surface area (Å²) in [5.41, 5.74) is 1.67. The third-order valence-electron chi connectivity index (χ3n) is 3.92. The molecule has 3 heterocycles. The zero-order valence-corrected chi connectivity index (χ0v) is 16.1. The summed E-state index contributed by atoms with van der Waals surface area (Å²) in [6.45, 7) is -0.594. The maximum Gasteiger partial charge on any atom is 0.333 e. The highest BCUT2D eigenvalue weighted by molar-refractivity contribution is 7.18. The van der Waals surface area contributed by atoms with Gasteiger partial charge in [0.25, 0.3) is 0 Å². The lowest BCUT2D eigenvalue weighted by molar-refractivity contribution is 0.0546. The Morgan fingerprint density at radius 3 is 2.75 bits per heavy atom. The Morgan fingerprint density at radius 2 is 2.00 bits per heavy atom. The highest BCUT2D eigenvalue weighted by atomic mass is 35.5. The normalized spacial score (nSPS) is 11.3. The largest absolute Gasteiger partial charge is 0.333 e. The fourth-order valence-corrected chi connectivity index (χ4v) is 3.50. The van der Waals surface area contributed by atoms with Gasteiger partial charge in [-0.3, -0.25) is 4.68 Å². The third-order valence-corrected chi connectivity index (χ3v) is 5.15. The van der Waals surface area contributed by atoms with E-state index in [9.17, 15) is 8.78 Å². The van der Waals surface area contributed by atoms with Crippen LogP contribution in [0.5, 0.6) is 0 Å². The van der Waals surface area contributed by atoms with Crippen LogP contribution in [0.15, 0.2) is 42.6 Å². The van der Waals surface area contributed by atoms with Gasteiger partial charge in [-0.2, -0.15) is 19.0 Å². The zero-order chi connectivity index (χ0) is 19.7. The Balaban J connectivity index is 1.47. The van der Waals surface area contributed by atoms with Crippen LogP contribution in [0.3, 0.4) is 0 Å². The lowest BCUT2D eigenvalue weighted by atomic mass is 10.2. The Labute approximate surface area is 167 Å². The lowest BCUT2D eigenvalue weighted by Crippen LogP contribution is -2.02. The topological polar surface area (TPSA) is 73.5 Å². The molecule has 0 unspecified atom stereocenters. The second kappa shape index (κ2) is 7.64. The number of hydrogen-bond donors (Lipinski definition) is 1. The minimum absolute atomic E-state index is 0.354. The van der Waals surface area contributed by atoms with Crippen molar-refractivity contribution in [1.82, 2.24) is 29.8 Å². The average Bonchev–Trinajstić information content (AvgIpc) is 3.38. The van der Waals surface area contributed by atoms with E-state index in [2.05, 4.69) is 25.7 Å². The van der Waals surface area contributed by atoms with Gasteiger partial charge in [-0.05, 0) is 24.6 Å². The summed E-state index contributed by atoms with van der Waals surface area (Å²) < 4.78 is 28.1. The van der Waals surface area contributed by atoms with Gasteiger partial charge in [-0.1, -0.05) is 41.1 Å². The number of anilines is 2. The number of halogens is 3. The van der Waals surface area contributed by atoms with E-state index in [4.69, 9.17) is 11.6 Å². The first kappa shape index (κ1) is 18.5. The maximum absolute atomic E-state index is 12.9. The molecule has 0 fully saturated rings. The van der Waals surface area contributed by atoms with Gasteiger partial charge >= 0.3 is 6.55 Å². The molecule has 0 radical (unpaired) electrons. The second-order valence-corrected chi connectivity index (χ2v) is 7.31. The summed E-state index contributed by atoms with van der Waals surface area (Å²) >= 11 is 7.38. The fraction of sp³-hybridized carbons (Fsp3) is 0.176. The van der Waals surface area contributed by atoms with Crippen LogP contribution in [-0.4, -0.2) is 29.8 Å². The van der Waals surface area contributed by atoms with Gasteiger partial charge in [0.15, 0.2) is 10.8 Å². The van der Waals surface area contributed by atoms with Crippen molar-refractivity contribution >= 4 is 33.9 Å². The number of nitrogens with zero attached hydrogens (tertiary/aromatic N) is 6. The third kappa shape index (κ3) is 3.87. The van der Waals surface area contributed by atoms with Crippen LogP contribution in [0, 0.1) is 6.92 Å². The van der Waals surface area contributed by atoms with E-state index < -0.39 is 6.55 Å². The van der Waals surface area contributed by atoms with E-state index >= 15 is 0 Å². The highest BCUT2D eigenvalue weighted by Gasteiger charge is 2.16. The SMILES string of the molecule is Cc1cc(-c2nnc(Nc3ccn(Cc4ccccc4Cl)n3)s2)nn1C(F)F. The van der Waals surface area contributed by atoms with Crippen LogP contribution in [0.25, 0.3) is 10.7 Å². The molecular weight excluding hydrogens is 408 g/mol. The maximum atomic E-state index is 12.9. The molecule has 4 aromatic rings. The molecule has 0 aliphatic carbocycles. The number of aromatic nitrogens is 6. The first-order chi connectivity index (χ1) is 13.5. The monoisotopic (exact) mass is 421 g/mol. The molecule has 0 saturated carbocycles. The predicted molar refractivity (Wildman–Crippen MR) is 103 cm³/mol. The summed E-state index contributed by atoms with van der Waals surface area (Å²) in [4.78, 5) is 0. The van der Waals surface area contributed by atoms with Crippen molar-refractivity contribution < 1.29 is 8.78 Å². The first-order valence-corrected chi connectivity index (χ1v) is 9.41. The van der Waals surface area contributed by atoms with Crippen molar-refractivity contribution in [3.8, 4) is 10.7 Å². The summed E-state index contributed by atoms with van der Waals surface area (Å²) in [7, 11) is 0.